The van der Waals surface area contributed by atoms with E-state index in [-0.39, 0.29) is 24.2 Å². The lowest BCUT2D eigenvalue weighted by Crippen LogP contribution is -2.19. The van der Waals surface area contributed by atoms with Crippen molar-refractivity contribution >= 4 is 0 Å². The molecule has 0 spiro atoms. The molecule has 0 aromatic carbocycles. The predicted molar refractivity (Wildman–Crippen MR) is 33.7 cm³/mol. The standard InChI is InChI=1S/C7H11F2N/c8-7(9)2-1-4-5(3-10)6(4)7/h4-6H,1-3,10H2/t4-,5-,6-/m0/s1. The van der Waals surface area contributed by atoms with Gasteiger partial charge in [-0.25, -0.2) is 8.78 Å². The first-order valence-corrected chi connectivity index (χ1v) is 3.74. The van der Waals surface area contributed by atoms with Crippen LogP contribution in [-0.2, 0) is 0 Å². The lowest BCUT2D eigenvalue weighted by atomic mass is 10.1. The molecule has 2 aliphatic carbocycles. The van der Waals surface area contributed by atoms with Crippen molar-refractivity contribution in [2.75, 3.05) is 6.54 Å². The third-order valence-corrected chi connectivity index (χ3v) is 2.90. The molecule has 2 rings (SSSR count). The third-order valence-electron chi connectivity index (χ3n) is 2.90. The normalized spacial score (nSPS) is 48.9. The van der Waals surface area contributed by atoms with Gasteiger partial charge in [0.15, 0.2) is 0 Å². The second-order valence-corrected chi connectivity index (χ2v) is 3.39. The molecule has 1 nitrogen and oxygen atoms in total. The number of rotatable bonds is 1. The van der Waals surface area contributed by atoms with Crippen LogP contribution in [0.1, 0.15) is 12.8 Å². The summed E-state index contributed by atoms with van der Waals surface area (Å²) >= 11 is 0. The molecule has 3 atom stereocenters. The van der Waals surface area contributed by atoms with E-state index in [1.807, 2.05) is 0 Å². The Balaban J connectivity index is 2.07. The third kappa shape index (κ3) is 0.641. The minimum absolute atomic E-state index is 0.0961. The molecule has 58 valence electrons. The zero-order valence-electron chi connectivity index (χ0n) is 5.69. The van der Waals surface area contributed by atoms with Crippen molar-refractivity contribution in [3.63, 3.8) is 0 Å². The van der Waals surface area contributed by atoms with Crippen molar-refractivity contribution < 1.29 is 8.78 Å². The topological polar surface area (TPSA) is 26.0 Å². The van der Waals surface area contributed by atoms with Crippen molar-refractivity contribution in [2.24, 2.45) is 23.5 Å². The van der Waals surface area contributed by atoms with Crippen LogP contribution in [0, 0.1) is 17.8 Å². The molecule has 0 saturated heterocycles. The minimum Gasteiger partial charge on any atom is -0.330 e. The Labute approximate surface area is 58.6 Å². The van der Waals surface area contributed by atoms with Gasteiger partial charge in [0.1, 0.15) is 0 Å². The van der Waals surface area contributed by atoms with E-state index < -0.39 is 5.92 Å². The fraction of sp³-hybridized carbons (Fsp3) is 1.00. The van der Waals surface area contributed by atoms with Gasteiger partial charge < -0.3 is 5.73 Å². The first-order chi connectivity index (χ1) is 4.67. The highest BCUT2D eigenvalue weighted by Crippen LogP contribution is 2.63. The number of fused-ring (bicyclic) bond motifs is 1. The number of halogens is 2. The summed E-state index contributed by atoms with van der Waals surface area (Å²) in [6.45, 7) is 0.449. The Hall–Kier alpha value is -0.180. The number of hydrogen-bond donors (Lipinski definition) is 1. The van der Waals surface area contributed by atoms with Gasteiger partial charge in [0.25, 0.3) is 5.92 Å². The van der Waals surface area contributed by atoms with E-state index in [4.69, 9.17) is 5.73 Å². The molecule has 0 heterocycles. The highest BCUT2D eigenvalue weighted by atomic mass is 19.3. The van der Waals surface area contributed by atoms with Crippen LogP contribution in [-0.4, -0.2) is 12.5 Å². The molecule has 0 aromatic rings. The second kappa shape index (κ2) is 1.70. The zero-order chi connectivity index (χ0) is 7.35. The molecule has 3 heteroatoms. The molecular formula is C7H11F2N. The lowest BCUT2D eigenvalue weighted by Gasteiger charge is -2.11. The summed E-state index contributed by atoms with van der Waals surface area (Å²) in [6.07, 6.45) is 0.790. The van der Waals surface area contributed by atoms with Crippen LogP contribution in [0.5, 0.6) is 0 Å². The van der Waals surface area contributed by atoms with Crippen molar-refractivity contribution in [1.29, 1.82) is 0 Å². The summed E-state index contributed by atoms with van der Waals surface area (Å²) in [5.41, 5.74) is 5.31. The van der Waals surface area contributed by atoms with Crippen LogP contribution >= 0.6 is 0 Å². The molecule has 2 fully saturated rings. The highest BCUT2D eigenvalue weighted by molar-refractivity contribution is 5.09. The smallest absolute Gasteiger partial charge is 0.251 e. The molecular weight excluding hydrogens is 136 g/mol. The van der Waals surface area contributed by atoms with E-state index in [9.17, 15) is 8.78 Å². The summed E-state index contributed by atoms with van der Waals surface area (Å²) in [4.78, 5) is 0. The quantitative estimate of drug-likeness (QED) is 0.593. The van der Waals surface area contributed by atoms with Gasteiger partial charge in [-0.05, 0) is 24.8 Å². The molecule has 0 amide bonds. The van der Waals surface area contributed by atoms with Crippen molar-refractivity contribution in [3.05, 3.63) is 0 Å². The molecule has 2 N–H and O–H groups in total. The number of alkyl halides is 2. The Bertz CT molecular complexity index is 154. The Morgan fingerprint density at radius 2 is 2.20 bits per heavy atom. The van der Waals surface area contributed by atoms with Crippen LogP contribution < -0.4 is 5.73 Å². The molecule has 0 radical (unpaired) electrons. The van der Waals surface area contributed by atoms with Crippen LogP contribution in [0.15, 0.2) is 0 Å². The summed E-state index contributed by atoms with van der Waals surface area (Å²) in [5.74, 6) is -2.32. The maximum absolute atomic E-state index is 12.8. The summed E-state index contributed by atoms with van der Waals surface area (Å²) in [6, 6.07) is 0. The van der Waals surface area contributed by atoms with Crippen molar-refractivity contribution in [1.82, 2.24) is 0 Å². The molecule has 10 heavy (non-hydrogen) atoms. The minimum atomic E-state index is -2.38. The van der Waals surface area contributed by atoms with Crippen LogP contribution in [0.25, 0.3) is 0 Å². The highest BCUT2D eigenvalue weighted by Gasteiger charge is 2.66. The van der Waals surface area contributed by atoms with E-state index in [0.29, 0.717) is 13.0 Å². The maximum Gasteiger partial charge on any atom is 0.251 e. The van der Waals surface area contributed by atoms with Gasteiger partial charge in [-0.3, -0.25) is 0 Å². The van der Waals surface area contributed by atoms with E-state index >= 15 is 0 Å². The maximum atomic E-state index is 12.8. The largest absolute Gasteiger partial charge is 0.330 e. The van der Waals surface area contributed by atoms with E-state index in [1.165, 1.54) is 0 Å². The zero-order valence-corrected chi connectivity index (χ0v) is 5.69. The Kier molecular flexibility index (Phi) is 1.11. The van der Waals surface area contributed by atoms with Gasteiger partial charge in [-0.15, -0.1) is 0 Å². The average molecular weight is 147 g/mol. The molecule has 2 saturated carbocycles. The summed E-state index contributed by atoms with van der Waals surface area (Å²) < 4.78 is 25.5. The van der Waals surface area contributed by atoms with E-state index in [2.05, 4.69) is 0 Å². The molecule has 0 aliphatic heterocycles. The second-order valence-electron chi connectivity index (χ2n) is 3.39. The van der Waals surface area contributed by atoms with Gasteiger partial charge in [-0.2, -0.15) is 0 Å². The first-order valence-electron chi connectivity index (χ1n) is 3.74. The van der Waals surface area contributed by atoms with Crippen molar-refractivity contribution in [2.45, 2.75) is 18.8 Å². The van der Waals surface area contributed by atoms with Crippen LogP contribution in [0.3, 0.4) is 0 Å². The van der Waals surface area contributed by atoms with Crippen LogP contribution in [0.2, 0.25) is 0 Å². The molecule has 0 bridgehead atoms. The van der Waals surface area contributed by atoms with Crippen molar-refractivity contribution in [3.8, 4) is 0 Å². The van der Waals surface area contributed by atoms with Gasteiger partial charge >= 0.3 is 0 Å². The molecule has 0 unspecified atom stereocenters. The van der Waals surface area contributed by atoms with Gasteiger partial charge in [-0.1, -0.05) is 0 Å². The number of hydrogen-bond acceptors (Lipinski definition) is 1. The lowest BCUT2D eigenvalue weighted by molar-refractivity contribution is -0.0206. The summed E-state index contributed by atoms with van der Waals surface area (Å²) in [5, 5.41) is 0. The monoisotopic (exact) mass is 147 g/mol. The fourth-order valence-corrected chi connectivity index (χ4v) is 2.31. The Morgan fingerprint density at radius 3 is 2.50 bits per heavy atom. The van der Waals surface area contributed by atoms with E-state index in [0.717, 1.165) is 0 Å². The van der Waals surface area contributed by atoms with Gasteiger partial charge in [0.2, 0.25) is 0 Å². The first kappa shape index (κ1) is 6.53. The SMILES string of the molecule is NC[C@H]1[C@@H]2CCC(F)(F)[C@H]12. The Morgan fingerprint density at radius 1 is 1.50 bits per heavy atom. The summed E-state index contributed by atoms with van der Waals surface area (Å²) in [7, 11) is 0. The van der Waals surface area contributed by atoms with Crippen LogP contribution in [0.4, 0.5) is 8.78 Å². The van der Waals surface area contributed by atoms with Gasteiger partial charge in [0, 0.05) is 12.3 Å². The average Bonchev–Trinajstić information content (AvgIpc) is 2.50. The predicted octanol–water partition coefficient (Wildman–Crippen LogP) is 1.24. The fourth-order valence-electron chi connectivity index (χ4n) is 2.31. The number of nitrogens with two attached hydrogens (primary N) is 1. The molecule has 0 aromatic heterocycles. The molecule has 2 aliphatic rings. The van der Waals surface area contributed by atoms with E-state index in [1.54, 1.807) is 0 Å². The van der Waals surface area contributed by atoms with Gasteiger partial charge in [0.05, 0.1) is 0 Å².